The Kier molecular flexibility index (Phi) is 3.14. The van der Waals surface area contributed by atoms with E-state index in [-0.39, 0.29) is 0 Å². The standard InChI is InChI=1S/C16H15FN4O/c17-11-22-13-4-2-12(3-5-13)14-10-21-9-6-15(19-16(21)18-14)20-7-1-8-20/h2-6,9-10H,1,7-8,11H2. The zero-order valence-corrected chi connectivity index (χ0v) is 11.9. The predicted octanol–water partition coefficient (Wildman–Crippen LogP) is 2.91. The van der Waals surface area contributed by atoms with Crippen LogP contribution in [0.25, 0.3) is 17.0 Å². The molecule has 22 heavy (non-hydrogen) atoms. The lowest BCUT2D eigenvalue weighted by molar-refractivity contribution is 0.192. The molecule has 0 bridgehead atoms. The van der Waals surface area contributed by atoms with Gasteiger partial charge in [-0.25, -0.2) is 9.37 Å². The Morgan fingerprint density at radius 3 is 2.59 bits per heavy atom. The molecule has 0 saturated carbocycles. The van der Waals surface area contributed by atoms with Gasteiger partial charge in [-0.3, -0.25) is 4.40 Å². The summed E-state index contributed by atoms with van der Waals surface area (Å²) in [6.45, 7) is 1.30. The molecule has 0 amide bonds. The number of alkyl halides is 1. The molecule has 5 nitrogen and oxygen atoms in total. The van der Waals surface area contributed by atoms with Crippen LogP contribution in [0.5, 0.6) is 5.75 Å². The molecule has 6 heteroatoms. The van der Waals surface area contributed by atoms with E-state index in [0.717, 1.165) is 30.2 Å². The highest BCUT2D eigenvalue weighted by Gasteiger charge is 2.16. The van der Waals surface area contributed by atoms with Gasteiger partial charge in [0.2, 0.25) is 12.6 Å². The van der Waals surface area contributed by atoms with Gasteiger partial charge in [0.1, 0.15) is 11.6 Å². The molecule has 0 spiro atoms. The summed E-state index contributed by atoms with van der Waals surface area (Å²) in [6, 6.07) is 9.21. The molecule has 4 rings (SSSR count). The number of imidazole rings is 1. The third-order valence-corrected chi connectivity index (χ3v) is 3.86. The number of hydrogen-bond donors (Lipinski definition) is 0. The first-order valence-electron chi connectivity index (χ1n) is 7.23. The molecule has 3 aromatic rings. The quantitative estimate of drug-likeness (QED) is 0.743. The molecule has 0 radical (unpaired) electrons. The van der Waals surface area contributed by atoms with Crippen molar-refractivity contribution < 1.29 is 9.13 Å². The first-order valence-corrected chi connectivity index (χ1v) is 7.23. The molecule has 1 fully saturated rings. The Morgan fingerprint density at radius 1 is 1.09 bits per heavy atom. The van der Waals surface area contributed by atoms with Gasteiger partial charge < -0.3 is 9.64 Å². The molecule has 1 aliphatic heterocycles. The second-order valence-electron chi connectivity index (χ2n) is 5.24. The minimum absolute atomic E-state index is 0.508. The number of hydrogen-bond acceptors (Lipinski definition) is 4. The molecule has 0 atom stereocenters. The van der Waals surface area contributed by atoms with Crippen molar-refractivity contribution >= 4 is 11.6 Å². The van der Waals surface area contributed by atoms with E-state index in [9.17, 15) is 4.39 Å². The first-order chi connectivity index (χ1) is 10.8. The summed E-state index contributed by atoms with van der Waals surface area (Å²) in [5.41, 5.74) is 1.78. The van der Waals surface area contributed by atoms with Gasteiger partial charge in [-0.1, -0.05) is 0 Å². The third kappa shape index (κ3) is 2.26. The molecule has 1 saturated heterocycles. The van der Waals surface area contributed by atoms with E-state index >= 15 is 0 Å². The largest absolute Gasteiger partial charge is 0.463 e. The fraction of sp³-hybridized carbons (Fsp3) is 0.250. The Labute approximate surface area is 127 Å². The lowest BCUT2D eigenvalue weighted by Crippen LogP contribution is -2.37. The van der Waals surface area contributed by atoms with Gasteiger partial charge in [0.15, 0.2) is 0 Å². The maximum atomic E-state index is 12.1. The van der Waals surface area contributed by atoms with Crippen molar-refractivity contribution in [3.05, 3.63) is 42.7 Å². The van der Waals surface area contributed by atoms with Crippen LogP contribution in [0.1, 0.15) is 6.42 Å². The molecular formula is C16H15FN4O. The molecule has 0 N–H and O–H groups in total. The lowest BCUT2D eigenvalue weighted by Gasteiger charge is -2.31. The van der Waals surface area contributed by atoms with Gasteiger partial charge in [0.05, 0.1) is 5.69 Å². The fourth-order valence-electron chi connectivity index (χ4n) is 2.51. The molecular weight excluding hydrogens is 283 g/mol. The highest BCUT2D eigenvalue weighted by Crippen LogP contribution is 2.23. The normalized spacial score (nSPS) is 14.1. The van der Waals surface area contributed by atoms with Crippen molar-refractivity contribution in [3.63, 3.8) is 0 Å². The van der Waals surface area contributed by atoms with Crippen molar-refractivity contribution in [2.75, 3.05) is 24.9 Å². The van der Waals surface area contributed by atoms with Crippen LogP contribution >= 0.6 is 0 Å². The lowest BCUT2D eigenvalue weighted by atomic mass is 10.2. The molecule has 1 aliphatic rings. The number of anilines is 1. The van der Waals surface area contributed by atoms with Gasteiger partial charge >= 0.3 is 0 Å². The Bertz CT molecular complexity index is 796. The van der Waals surface area contributed by atoms with Crippen molar-refractivity contribution in [3.8, 4) is 17.0 Å². The monoisotopic (exact) mass is 298 g/mol. The van der Waals surface area contributed by atoms with Crippen LogP contribution in [-0.2, 0) is 0 Å². The fourth-order valence-corrected chi connectivity index (χ4v) is 2.51. The summed E-state index contributed by atoms with van der Waals surface area (Å²) in [5.74, 6) is 2.17. The predicted molar refractivity (Wildman–Crippen MR) is 81.9 cm³/mol. The topological polar surface area (TPSA) is 42.7 Å². The Morgan fingerprint density at radius 2 is 1.91 bits per heavy atom. The van der Waals surface area contributed by atoms with Gasteiger partial charge in [-0.15, -0.1) is 0 Å². The van der Waals surface area contributed by atoms with Crippen molar-refractivity contribution in [1.82, 2.24) is 14.4 Å². The highest BCUT2D eigenvalue weighted by atomic mass is 19.1. The Balaban J connectivity index is 1.66. The van der Waals surface area contributed by atoms with Crippen LogP contribution in [0, 0.1) is 0 Å². The van der Waals surface area contributed by atoms with Gasteiger partial charge in [0.25, 0.3) is 0 Å². The van der Waals surface area contributed by atoms with Crippen LogP contribution in [0.2, 0.25) is 0 Å². The summed E-state index contributed by atoms with van der Waals surface area (Å²) < 4.78 is 18.8. The van der Waals surface area contributed by atoms with Gasteiger partial charge in [0, 0.05) is 31.0 Å². The summed E-state index contributed by atoms with van der Waals surface area (Å²) >= 11 is 0. The van der Waals surface area contributed by atoms with Crippen LogP contribution in [0.4, 0.5) is 10.2 Å². The number of benzene rings is 1. The number of rotatable bonds is 4. The number of ether oxygens (including phenoxy) is 1. The van der Waals surface area contributed by atoms with Crippen LogP contribution in [0.15, 0.2) is 42.7 Å². The van der Waals surface area contributed by atoms with E-state index in [1.54, 1.807) is 12.1 Å². The van der Waals surface area contributed by atoms with Gasteiger partial charge in [-0.2, -0.15) is 4.98 Å². The van der Waals surface area contributed by atoms with E-state index in [1.165, 1.54) is 6.42 Å². The minimum atomic E-state index is -0.823. The Hall–Kier alpha value is -2.63. The van der Waals surface area contributed by atoms with Crippen molar-refractivity contribution in [2.24, 2.45) is 0 Å². The van der Waals surface area contributed by atoms with Crippen LogP contribution < -0.4 is 9.64 Å². The number of fused-ring (bicyclic) bond motifs is 1. The van der Waals surface area contributed by atoms with E-state index < -0.39 is 6.86 Å². The molecule has 2 aromatic heterocycles. The molecule has 3 heterocycles. The third-order valence-electron chi connectivity index (χ3n) is 3.86. The maximum Gasteiger partial charge on any atom is 0.236 e. The zero-order chi connectivity index (χ0) is 14.9. The maximum absolute atomic E-state index is 12.1. The second-order valence-corrected chi connectivity index (χ2v) is 5.24. The minimum Gasteiger partial charge on any atom is -0.463 e. The molecule has 0 unspecified atom stereocenters. The van der Waals surface area contributed by atoms with E-state index in [0.29, 0.717) is 11.5 Å². The average molecular weight is 298 g/mol. The van der Waals surface area contributed by atoms with Crippen molar-refractivity contribution in [2.45, 2.75) is 6.42 Å². The number of nitrogens with zero attached hydrogens (tertiary/aromatic N) is 4. The number of aromatic nitrogens is 3. The van der Waals surface area contributed by atoms with Crippen LogP contribution in [0.3, 0.4) is 0 Å². The van der Waals surface area contributed by atoms with E-state index in [2.05, 4.69) is 14.9 Å². The number of halogens is 1. The van der Waals surface area contributed by atoms with Crippen LogP contribution in [-0.4, -0.2) is 34.3 Å². The summed E-state index contributed by atoms with van der Waals surface area (Å²) in [6.07, 6.45) is 5.14. The van der Waals surface area contributed by atoms with E-state index in [4.69, 9.17) is 4.74 Å². The van der Waals surface area contributed by atoms with Crippen molar-refractivity contribution in [1.29, 1.82) is 0 Å². The summed E-state index contributed by atoms with van der Waals surface area (Å²) in [4.78, 5) is 11.4. The first kappa shape index (κ1) is 13.1. The highest BCUT2D eigenvalue weighted by molar-refractivity contribution is 5.63. The van der Waals surface area contributed by atoms with E-state index in [1.807, 2.05) is 35.0 Å². The summed E-state index contributed by atoms with van der Waals surface area (Å²) in [5, 5.41) is 0. The molecule has 1 aromatic carbocycles. The average Bonchev–Trinajstić information content (AvgIpc) is 2.90. The molecule has 112 valence electrons. The smallest absolute Gasteiger partial charge is 0.236 e. The second kappa shape index (κ2) is 5.29. The summed E-state index contributed by atoms with van der Waals surface area (Å²) in [7, 11) is 0. The molecule has 0 aliphatic carbocycles. The zero-order valence-electron chi connectivity index (χ0n) is 11.9. The van der Waals surface area contributed by atoms with Gasteiger partial charge in [-0.05, 0) is 36.8 Å². The SMILES string of the molecule is FCOc1ccc(-c2cn3ccc(N4CCC4)nc3n2)cc1.